The lowest BCUT2D eigenvalue weighted by Crippen LogP contribution is -2.28. The molecular formula is C14H22N4O4S. The molecule has 0 unspecified atom stereocenters. The Balaban J connectivity index is 2.26. The van der Waals surface area contributed by atoms with E-state index in [0.29, 0.717) is 31.9 Å². The van der Waals surface area contributed by atoms with E-state index in [-0.39, 0.29) is 10.6 Å². The summed E-state index contributed by atoms with van der Waals surface area (Å²) in [6.07, 6.45) is 1.65. The predicted octanol–water partition coefficient (Wildman–Crippen LogP) is 1.35. The van der Waals surface area contributed by atoms with E-state index < -0.39 is 14.9 Å². The highest BCUT2D eigenvalue weighted by Gasteiger charge is 2.29. The lowest BCUT2D eigenvalue weighted by atomic mass is 10.2. The molecule has 0 spiro atoms. The minimum Gasteiger partial charge on any atom is -0.378 e. The van der Waals surface area contributed by atoms with E-state index in [9.17, 15) is 18.5 Å². The summed E-state index contributed by atoms with van der Waals surface area (Å²) in [6, 6.07) is 4.04. The largest absolute Gasteiger partial charge is 0.378 e. The zero-order valence-electron chi connectivity index (χ0n) is 13.4. The fourth-order valence-electron chi connectivity index (χ4n) is 2.46. The Hall–Kier alpha value is -1.71. The highest BCUT2D eigenvalue weighted by molar-refractivity contribution is 7.89. The molecule has 0 saturated carbocycles. The van der Waals surface area contributed by atoms with Crippen LogP contribution < -0.4 is 5.32 Å². The summed E-state index contributed by atoms with van der Waals surface area (Å²) in [5, 5.41) is 14.2. The Kier molecular flexibility index (Phi) is 5.55. The van der Waals surface area contributed by atoms with Crippen LogP contribution in [0, 0.1) is 10.1 Å². The van der Waals surface area contributed by atoms with Gasteiger partial charge in [0.15, 0.2) is 0 Å². The van der Waals surface area contributed by atoms with Crippen molar-refractivity contribution in [1.82, 2.24) is 9.21 Å². The van der Waals surface area contributed by atoms with Crippen LogP contribution in [0.15, 0.2) is 23.1 Å². The van der Waals surface area contributed by atoms with Crippen molar-refractivity contribution in [3.63, 3.8) is 0 Å². The van der Waals surface area contributed by atoms with Crippen LogP contribution in [0.25, 0.3) is 0 Å². The fourth-order valence-corrected chi connectivity index (χ4v) is 4.00. The molecule has 128 valence electrons. The van der Waals surface area contributed by atoms with Gasteiger partial charge in [0.1, 0.15) is 5.69 Å². The molecule has 1 aliphatic heterocycles. The third-order valence-corrected chi connectivity index (χ3v) is 5.64. The second-order valence-corrected chi connectivity index (χ2v) is 7.72. The van der Waals surface area contributed by atoms with Gasteiger partial charge in [0.2, 0.25) is 10.0 Å². The Labute approximate surface area is 136 Å². The zero-order valence-corrected chi connectivity index (χ0v) is 14.2. The number of anilines is 1. The lowest BCUT2D eigenvalue weighted by molar-refractivity contribution is -0.384. The van der Waals surface area contributed by atoms with Crippen molar-refractivity contribution < 1.29 is 13.3 Å². The van der Waals surface area contributed by atoms with E-state index in [1.54, 1.807) is 0 Å². The Morgan fingerprint density at radius 3 is 2.52 bits per heavy atom. The maximum absolute atomic E-state index is 12.5. The summed E-state index contributed by atoms with van der Waals surface area (Å²) >= 11 is 0. The van der Waals surface area contributed by atoms with E-state index in [1.165, 1.54) is 16.4 Å². The number of benzene rings is 1. The molecule has 1 heterocycles. The average Bonchev–Trinajstić information content (AvgIpc) is 3.01. The van der Waals surface area contributed by atoms with Gasteiger partial charge in [-0.05, 0) is 39.1 Å². The summed E-state index contributed by atoms with van der Waals surface area (Å²) in [5.41, 5.74) is 0.112. The van der Waals surface area contributed by atoms with Gasteiger partial charge in [-0.25, -0.2) is 8.42 Å². The van der Waals surface area contributed by atoms with Gasteiger partial charge in [-0.15, -0.1) is 0 Å². The molecule has 1 fully saturated rings. The number of rotatable bonds is 7. The third-order valence-electron chi connectivity index (χ3n) is 3.74. The minimum absolute atomic E-state index is 0.0238. The maximum Gasteiger partial charge on any atom is 0.293 e. The smallest absolute Gasteiger partial charge is 0.293 e. The van der Waals surface area contributed by atoms with Crippen LogP contribution in [-0.4, -0.2) is 62.8 Å². The molecule has 1 aromatic carbocycles. The first-order valence-electron chi connectivity index (χ1n) is 7.49. The molecular weight excluding hydrogens is 320 g/mol. The third kappa shape index (κ3) is 4.18. The molecule has 8 nitrogen and oxygen atoms in total. The molecule has 1 saturated heterocycles. The second kappa shape index (κ2) is 7.24. The van der Waals surface area contributed by atoms with E-state index in [2.05, 4.69) is 5.32 Å². The Morgan fingerprint density at radius 1 is 1.30 bits per heavy atom. The summed E-state index contributed by atoms with van der Waals surface area (Å²) in [5.74, 6) is 0. The molecule has 0 radical (unpaired) electrons. The van der Waals surface area contributed by atoms with Crippen molar-refractivity contribution in [2.24, 2.45) is 0 Å². The molecule has 23 heavy (non-hydrogen) atoms. The van der Waals surface area contributed by atoms with Crippen LogP contribution in [0.2, 0.25) is 0 Å². The molecule has 0 atom stereocenters. The van der Waals surface area contributed by atoms with Gasteiger partial charge in [0.25, 0.3) is 5.69 Å². The number of sulfonamides is 1. The van der Waals surface area contributed by atoms with Gasteiger partial charge in [-0.3, -0.25) is 10.1 Å². The number of likely N-dealkylation sites (N-methyl/N-ethyl adjacent to an activating group) is 1. The van der Waals surface area contributed by atoms with Crippen molar-refractivity contribution in [3.8, 4) is 0 Å². The second-order valence-electron chi connectivity index (χ2n) is 5.78. The Bertz CT molecular complexity index is 669. The molecule has 9 heteroatoms. The van der Waals surface area contributed by atoms with Crippen molar-refractivity contribution in [3.05, 3.63) is 28.3 Å². The van der Waals surface area contributed by atoms with Crippen LogP contribution in [0.1, 0.15) is 12.8 Å². The van der Waals surface area contributed by atoms with Gasteiger partial charge in [0.05, 0.1) is 9.82 Å². The van der Waals surface area contributed by atoms with E-state index in [4.69, 9.17) is 0 Å². The minimum atomic E-state index is -3.65. The van der Waals surface area contributed by atoms with E-state index in [0.717, 1.165) is 18.9 Å². The van der Waals surface area contributed by atoms with Gasteiger partial charge in [0, 0.05) is 32.2 Å². The standard InChI is InChI=1S/C14H22N4O4S/c1-16(2)10-7-15-13-6-5-12(11-14(13)18(19)20)23(21,22)17-8-3-4-9-17/h5-6,11,15H,3-4,7-10H2,1-2H3. The van der Waals surface area contributed by atoms with Crippen molar-refractivity contribution in [2.45, 2.75) is 17.7 Å². The normalized spacial score (nSPS) is 16.0. The number of hydrogen-bond acceptors (Lipinski definition) is 6. The summed E-state index contributed by atoms with van der Waals surface area (Å²) in [6.45, 7) is 2.19. The number of hydrogen-bond donors (Lipinski definition) is 1. The van der Waals surface area contributed by atoms with Crippen LogP contribution in [0.5, 0.6) is 0 Å². The first-order valence-corrected chi connectivity index (χ1v) is 8.93. The lowest BCUT2D eigenvalue weighted by Gasteiger charge is -2.16. The molecule has 1 aromatic rings. The predicted molar refractivity (Wildman–Crippen MR) is 88.1 cm³/mol. The molecule has 1 N–H and O–H groups in total. The van der Waals surface area contributed by atoms with Crippen molar-refractivity contribution in [1.29, 1.82) is 0 Å². The molecule has 0 amide bonds. The molecule has 0 aromatic heterocycles. The summed E-state index contributed by atoms with van der Waals surface area (Å²) in [4.78, 5) is 12.6. The summed E-state index contributed by atoms with van der Waals surface area (Å²) < 4.78 is 26.4. The molecule has 0 bridgehead atoms. The van der Waals surface area contributed by atoms with Gasteiger partial charge < -0.3 is 10.2 Å². The zero-order chi connectivity index (χ0) is 17.0. The highest BCUT2D eigenvalue weighted by Crippen LogP contribution is 2.30. The van der Waals surface area contributed by atoms with Crippen LogP contribution in [-0.2, 0) is 10.0 Å². The Morgan fingerprint density at radius 2 is 1.96 bits per heavy atom. The maximum atomic E-state index is 12.5. The van der Waals surface area contributed by atoms with E-state index >= 15 is 0 Å². The first kappa shape index (κ1) is 17.6. The monoisotopic (exact) mass is 342 g/mol. The first-order chi connectivity index (χ1) is 10.8. The SMILES string of the molecule is CN(C)CCNc1ccc(S(=O)(=O)N2CCCC2)cc1[N+](=O)[O-]. The van der Waals surface area contributed by atoms with Gasteiger partial charge in [-0.1, -0.05) is 0 Å². The van der Waals surface area contributed by atoms with E-state index in [1.807, 2.05) is 19.0 Å². The van der Waals surface area contributed by atoms with Crippen molar-refractivity contribution >= 4 is 21.4 Å². The number of nitrogens with one attached hydrogen (secondary N) is 1. The summed E-state index contributed by atoms with van der Waals surface area (Å²) in [7, 11) is 0.157. The fraction of sp³-hybridized carbons (Fsp3) is 0.571. The number of nitro benzene ring substituents is 1. The van der Waals surface area contributed by atoms with Gasteiger partial charge in [-0.2, -0.15) is 4.31 Å². The topological polar surface area (TPSA) is 95.8 Å². The molecule has 2 rings (SSSR count). The molecule has 0 aliphatic carbocycles. The highest BCUT2D eigenvalue weighted by atomic mass is 32.2. The van der Waals surface area contributed by atoms with Crippen LogP contribution >= 0.6 is 0 Å². The van der Waals surface area contributed by atoms with Crippen LogP contribution in [0.3, 0.4) is 0 Å². The van der Waals surface area contributed by atoms with Crippen LogP contribution in [0.4, 0.5) is 11.4 Å². The van der Waals surface area contributed by atoms with Gasteiger partial charge >= 0.3 is 0 Å². The number of nitrogens with zero attached hydrogens (tertiary/aromatic N) is 3. The average molecular weight is 342 g/mol. The number of nitro groups is 1. The quantitative estimate of drug-likeness (QED) is 0.594. The van der Waals surface area contributed by atoms with Crippen molar-refractivity contribution in [2.75, 3.05) is 45.6 Å². The molecule has 1 aliphatic rings.